The number of amides is 2. The van der Waals surface area contributed by atoms with Crippen molar-refractivity contribution in [2.24, 2.45) is 0 Å². The number of aryl methyl sites for hydroxylation is 1. The van der Waals surface area contributed by atoms with E-state index in [-0.39, 0.29) is 17.6 Å². The van der Waals surface area contributed by atoms with Crippen molar-refractivity contribution in [3.05, 3.63) is 114 Å². The molecule has 0 bridgehead atoms. The van der Waals surface area contributed by atoms with Crippen LogP contribution in [0.25, 0.3) is 21.9 Å². The standard InChI is InChI=1S/C36H36N4O4S/c1-23-11-12-24(17-32(23)43-3)16-31(36(42)38-2)40-34(41)22-45-33-14-13-26-8-4-5-10-30(26)35(33)27-18-29(20-39-19-27)44-21-25-7-6-9-28(37)15-25/h4-15,17-20,31H,16,21-22,37H2,1-3H3,(H,38,42)(H,40,41)/t31-/m0/s1. The molecule has 9 heteroatoms. The van der Waals surface area contributed by atoms with Crippen LogP contribution >= 0.6 is 11.8 Å². The quantitative estimate of drug-likeness (QED) is 0.117. The normalized spacial score (nSPS) is 11.5. The van der Waals surface area contributed by atoms with Crippen LogP contribution in [0.3, 0.4) is 0 Å². The maximum Gasteiger partial charge on any atom is 0.242 e. The summed E-state index contributed by atoms with van der Waals surface area (Å²) in [7, 11) is 3.18. The summed E-state index contributed by atoms with van der Waals surface area (Å²) in [6, 6.07) is 26.8. The predicted molar refractivity (Wildman–Crippen MR) is 181 cm³/mol. The fraction of sp³-hybridized carbons (Fsp3) is 0.194. The number of carbonyl (C=O) groups excluding carboxylic acids is 2. The number of nitrogen functional groups attached to an aromatic ring is 1. The van der Waals surface area contributed by atoms with Crippen LogP contribution in [0.2, 0.25) is 0 Å². The molecule has 5 aromatic rings. The average molecular weight is 621 g/mol. The first-order chi connectivity index (χ1) is 21.8. The minimum Gasteiger partial charge on any atom is -0.496 e. The topological polar surface area (TPSA) is 116 Å². The number of hydrogen-bond acceptors (Lipinski definition) is 7. The molecule has 2 amide bonds. The third-order valence-corrected chi connectivity index (χ3v) is 8.48. The Labute approximate surface area is 267 Å². The van der Waals surface area contributed by atoms with Gasteiger partial charge in [0.25, 0.3) is 0 Å². The number of hydrogen-bond donors (Lipinski definition) is 3. The van der Waals surface area contributed by atoms with Crippen molar-refractivity contribution in [2.75, 3.05) is 25.6 Å². The first kappa shape index (κ1) is 31.4. The molecule has 0 unspecified atom stereocenters. The minimum atomic E-state index is -0.732. The molecule has 0 aliphatic heterocycles. The number of rotatable bonds is 12. The first-order valence-corrected chi connectivity index (χ1v) is 15.5. The van der Waals surface area contributed by atoms with Gasteiger partial charge in [-0.15, -0.1) is 11.8 Å². The summed E-state index contributed by atoms with van der Waals surface area (Å²) in [6.45, 7) is 2.31. The largest absolute Gasteiger partial charge is 0.496 e. The number of aromatic nitrogens is 1. The van der Waals surface area contributed by atoms with E-state index in [1.165, 1.54) is 11.8 Å². The lowest BCUT2D eigenvalue weighted by Crippen LogP contribution is -2.47. The van der Waals surface area contributed by atoms with Gasteiger partial charge in [0, 0.05) is 41.4 Å². The van der Waals surface area contributed by atoms with E-state index < -0.39 is 6.04 Å². The van der Waals surface area contributed by atoms with E-state index in [0.29, 0.717) is 24.5 Å². The van der Waals surface area contributed by atoms with Crippen molar-refractivity contribution in [2.45, 2.75) is 30.9 Å². The number of pyridine rings is 1. The zero-order valence-corrected chi connectivity index (χ0v) is 26.3. The third kappa shape index (κ3) is 7.93. The molecule has 0 spiro atoms. The van der Waals surface area contributed by atoms with Gasteiger partial charge in [0.15, 0.2) is 0 Å². The van der Waals surface area contributed by atoms with Crippen LogP contribution in [0.1, 0.15) is 16.7 Å². The van der Waals surface area contributed by atoms with Gasteiger partial charge in [-0.05, 0) is 64.7 Å². The van der Waals surface area contributed by atoms with Crippen molar-refractivity contribution in [1.82, 2.24) is 15.6 Å². The smallest absolute Gasteiger partial charge is 0.242 e. The van der Waals surface area contributed by atoms with Gasteiger partial charge in [0.2, 0.25) is 11.8 Å². The second-order valence-corrected chi connectivity index (χ2v) is 11.7. The van der Waals surface area contributed by atoms with Gasteiger partial charge in [0.1, 0.15) is 24.1 Å². The molecule has 0 aliphatic carbocycles. The van der Waals surface area contributed by atoms with Crippen LogP contribution in [0, 0.1) is 6.92 Å². The molecule has 0 saturated carbocycles. The minimum absolute atomic E-state index is 0.120. The number of fused-ring (bicyclic) bond motifs is 1. The molecule has 0 saturated heterocycles. The molecule has 45 heavy (non-hydrogen) atoms. The van der Waals surface area contributed by atoms with E-state index in [0.717, 1.165) is 49.2 Å². The Morgan fingerprint density at radius 3 is 2.60 bits per heavy atom. The summed E-state index contributed by atoms with van der Waals surface area (Å²) in [5, 5.41) is 7.70. The summed E-state index contributed by atoms with van der Waals surface area (Å²) >= 11 is 1.41. The Hall–Kier alpha value is -5.02. The lowest BCUT2D eigenvalue weighted by molar-refractivity contribution is -0.127. The maximum absolute atomic E-state index is 13.2. The molecule has 0 radical (unpaired) electrons. The van der Waals surface area contributed by atoms with Crippen molar-refractivity contribution in [3.63, 3.8) is 0 Å². The number of methoxy groups -OCH3 is 1. The van der Waals surface area contributed by atoms with Crippen LogP contribution in [0.15, 0.2) is 102 Å². The Morgan fingerprint density at radius 2 is 1.80 bits per heavy atom. The van der Waals surface area contributed by atoms with Gasteiger partial charge < -0.3 is 25.8 Å². The molecule has 0 aliphatic rings. The van der Waals surface area contributed by atoms with Gasteiger partial charge in [0.05, 0.1) is 19.1 Å². The SMILES string of the molecule is CNC(=O)[C@H](Cc1ccc(C)c(OC)c1)NC(=O)CSc1ccc2ccccc2c1-c1cncc(OCc2cccc(N)c2)c1. The molecule has 4 aromatic carbocycles. The van der Waals surface area contributed by atoms with Crippen LogP contribution in [-0.2, 0) is 22.6 Å². The lowest BCUT2D eigenvalue weighted by Gasteiger charge is -2.19. The van der Waals surface area contributed by atoms with Gasteiger partial charge in [-0.2, -0.15) is 0 Å². The first-order valence-electron chi connectivity index (χ1n) is 14.6. The van der Waals surface area contributed by atoms with Crippen LogP contribution in [0.4, 0.5) is 5.69 Å². The summed E-state index contributed by atoms with van der Waals surface area (Å²) in [5.74, 6) is 0.972. The number of thioether (sulfide) groups is 1. The van der Waals surface area contributed by atoms with E-state index in [2.05, 4.69) is 27.8 Å². The number of nitrogens with zero attached hydrogens (tertiary/aromatic N) is 1. The van der Waals surface area contributed by atoms with E-state index in [4.69, 9.17) is 15.2 Å². The van der Waals surface area contributed by atoms with E-state index in [9.17, 15) is 9.59 Å². The van der Waals surface area contributed by atoms with Crippen LogP contribution in [0.5, 0.6) is 11.5 Å². The zero-order valence-electron chi connectivity index (χ0n) is 25.5. The fourth-order valence-electron chi connectivity index (χ4n) is 5.14. The summed E-state index contributed by atoms with van der Waals surface area (Å²) in [4.78, 5) is 31.4. The highest BCUT2D eigenvalue weighted by atomic mass is 32.2. The Bertz CT molecular complexity index is 1830. The number of likely N-dealkylation sites (N-methyl/N-ethyl adjacent to an activating group) is 1. The van der Waals surface area contributed by atoms with Gasteiger partial charge in [-0.1, -0.05) is 54.6 Å². The molecule has 230 valence electrons. The third-order valence-electron chi connectivity index (χ3n) is 7.42. The lowest BCUT2D eigenvalue weighted by atomic mass is 9.99. The second-order valence-electron chi connectivity index (χ2n) is 10.6. The number of ether oxygens (including phenoxy) is 2. The molecule has 8 nitrogen and oxygen atoms in total. The number of anilines is 1. The highest BCUT2D eigenvalue weighted by molar-refractivity contribution is 8.00. The average Bonchev–Trinajstić information content (AvgIpc) is 3.06. The number of nitrogens with one attached hydrogen (secondary N) is 2. The summed E-state index contributed by atoms with van der Waals surface area (Å²) in [6.07, 6.45) is 3.82. The maximum atomic E-state index is 13.2. The van der Waals surface area contributed by atoms with Crippen LogP contribution < -0.4 is 25.8 Å². The van der Waals surface area contributed by atoms with Crippen molar-refractivity contribution >= 4 is 40.0 Å². The van der Waals surface area contributed by atoms with Gasteiger partial charge >= 0.3 is 0 Å². The fourth-order valence-corrected chi connectivity index (χ4v) is 6.05. The predicted octanol–water partition coefficient (Wildman–Crippen LogP) is 5.95. The molecule has 0 fully saturated rings. The molecule has 1 heterocycles. The Kier molecular flexibility index (Phi) is 10.2. The van der Waals surface area contributed by atoms with Crippen molar-refractivity contribution in [3.8, 4) is 22.6 Å². The highest BCUT2D eigenvalue weighted by Gasteiger charge is 2.21. The number of benzene rings is 4. The molecular weight excluding hydrogens is 584 g/mol. The molecule has 4 N–H and O–H groups in total. The molecule has 1 atom stereocenters. The van der Waals surface area contributed by atoms with Crippen molar-refractivity contribution in [1.29, 1.82) is 0 Å². The summed E-state index contributed by atoms with van der Waals surface area (Å²) in [5.41, 5.74) is 11.3. The van der Waals surface area contributed by atoms with Gasteiger partial charge in [-0.3, -0.25) is 14.6 Å². The Morgan fingerprint density at radius 1 is 0.956 bits per heavy atom. The van der Waals surface area contributed by atoms with E-state index in [1.807, 2.05) is 79.7 Å². The molecule has 5 rings (SSSR count). The van der Waals surface area contributed by atoms with E-state index >= 15 is 0 Å². The van der Waals surface area contributed by atoms with E-state index in [1.54, 1.807) is 26.6 Å². The highest BCUT2D eigenvalue weighted by Crippen LogP contribution is 2.38. The van der Waals surface area contributed by atoms with Gasteiger partial charge in [-0.25, -0.2) is 0 Å². The Balaban J connectivity index is 1.35. The van der Waals surface area contributed by atoms with Crippen molar-refractivity contribution < 1.29 is 19.1 Å². The zero-order chi connectivity index (χ0) is 31.8. The van der Waals surface area contributed by atoms with Crippen LogP contribution in [-0.4, -0.2) is 42.8 Å². The number of nitrogens with two attached hydrogens (primary N) is 1. The second kappa shape index (κ2) is 14.6. The molecule has 1 aromatic heterocycles. The number of carbonyl (C=O) groups is 2. The summed E-state index contributed by atoms with van der Waals surface area (Å²) < 4.78 is 11.5. The monoisotopic (exact) mass is 620 g/mol. The molecular formula is C36H36N4O4S.